The lowest BCUT2D eigenvalue weighted by atomic mass is 9.94. The zero-order chi connectivity index (χ0) is 15.2. The second-order valence-corrected chi connectivity index (χ2v) is 6.50. The van der Waals surface area contributed by atoms with Gasteiger partial charge in [0.25, 0.3) is 0 Å². The van der Waals surface area contributed by atoms with Gasteiger partial charge in [0.15, 0.2) is 0 Å². The topological polar surface area (TPSA) is 21.3 Å². The lowest BCUT2D eigenvalue weighted by molar-refractivity contribution is 0.181. The first-order chi connectivity index (χ1) is 10.1. The Hall–Kier alpha value is -0.520. The van der Waals surface area contributed by atoms with Gasteiger partial charge in [-0.25, -0.2) is 8.78 Å². The van der Waals surface area contributed by atoms with Crippen LogP contribution in [0.5, 0.6) is 0 Å². The predicted octanol–water partition coefficient (Wildman–Crippen LogP) is 4.06. The molecule has 1 saturated heterocycles. The molecular weight excluding hydrogens is 340 g/mol. The third-order valence-corrected chi connectivity index (χ3v) is 4.53. The predicted molar refractivity (Wildman–Crippen MR) is 83.4 cm³/mol. The largest absolute Gasteiger partial charge is 0.381 e. The van der Waals surface area contributed by atoms with Crippen molar-refractivity contribution >= 4 is 15.9 Å². The van der Waals surface area contributed by atoms with Crippen molar-refractivity contribution in [2.75, 3.05) is 19.8 Å². The molecule has 5 heteroatoms. The van der Waals surface area contributed by atoms with Gasteiger partial charge in [-0.1, -0.05) is 6.92 Å². The molecule has 0 bridgehead atoms. The number of rotatable bonds is 7. The number of ether oxygens (including phenoxy) is 1. The minimum atomic E-state index is -0.485. The highest BCUT2D eigenvalue weighted by Crippen LogP contribution is 2.25. The van der Waals surface area contributed by atoms with E-state index in [4.69, 9.17) is 4.74 Å². The molecule has 0 aliphatic carbocycles. The monoisotopic (exact) mass is 361 g/mol. The summed E-state index contributed by atoms with van der Waals surface area (Å²) in [5, 5.41) is 3.41. The molecular formula is C16H22BrF2NO. The molecule has 1 fully saturated rings. The summed E-state index contributed by atoms with van der Waals surface area (Å²) in [5.41, 5.74) is 0.164. The molecule has 1 heterocycles. The fraction of sp³-hybridized carbons (Fsp3) is 0.625. The SMILES string of the molecule is CCCNC(Cc1c(F)ccc(Br)c1F)CC1CCOC1. The molecule has 0 radical (unpaired) electrons. The first-order valence-corrected chi connectivity index (χ1v) is 8.34. The van der Waals surface area contributed by atoms with Crippen LogP contribution < -0.4 is 5.32 Å². The van der Waals surface area contributed by atoms with Crippen molar-refractivity contribution in [3.63, 3.8) is 0 Å². The van der Waals surface area contributed by atoms with Gasteiger partial charge < -0.3 is 10.1 Å². The van der Waals surface area contributed by atoms with Crippen LogP contribution in [0.2, 0.25) is 0 Å². The standard InChI is InChI=1S/C16H22BrF2NO/c1-2-6-20-12(8-11-5-7-21-10-11)9-13-15(18)4-3-14(17)16(13)19/h3-4,11-12,20H,2,5-10H2,1H3. The minimum absolute atomic E-state index is 0.0787. The van der Waals surface area contributed by atoms with E-state index in [0.717, 1.165) is 39.0 Å². The molecule has 1 N–H and O–H groups in total. The maximum Gasteiger partial charge on any atom is 0.143 e. The Bertz CT molecular complexity index is 464. The van der Waals surface area contributed by atoms with Crippen LogP contribution in [0.4, 0.5) is 8.78 Å². The van der Waals surface area contributed by atoms with Gasteiger partial charge in [0.05, 0.1) is 4.47 Å². The van der Waals surface area contributed by atoms with Crippen molar-refractivity contribution in [2.24, 2.45) is 5.92 Å². The molecule has 0 amide bonds. The molecule has 0 aromatic heterocycles. The van der Waals surface area contributed by atoms with Crippen molar-refractivity contribution in [1.29, 1.82) is 0 Å². The van der Waals surface area contributed by atoms with E-state index >= 15 is 0 Å². The van der Waals surface area contributed by atoms with Crippen molar-refractivity contribution in [3.8, 4) is 0 Å². The second-order valence-electron chi connectivity index (χ2n) is 5.64. The molecule has 0 spiro atoms. The van der Waals surface area contributed by atoms with Gasteiger partial charge in [0.1, 0.15) is 11.6 Å². The lowest BCUT2D eigenvalue weighted by Gasteiger charge is -2.22. The van der Waals surface area contributed by atoms with Crippen molar-refractivity contribution in [1.82, 2.24) is 5.32 Å². The highest BCUT2D eigenvalue weighted by atomic mass is 79.9. The lowest BCUT2D eigenvalue weighted by Crippen LogP contribution is -2.34. The van der Waals surface area contributed by atoms with E-state index in [2.05, 4.69) is 28.2 Å². The summed E-state index contributed by atoms with van der Waals surface area (Å²) < 4.78 is 33.7. The summed E-state index contributed by atoms with van der Waals surface area (Å²) in [6, 6.07) is 2.81. The Morgan fingerprint density at radius 2 is 2.24 bits per heavy atom. The maximum absolute atomic E-state index is 14.1. The van der Waals surface area contributed by atoms with Crippen molar-refractivity contribution < 1.29 is 13.5 Å². The summed E-state index contributed by atoms with van der Waals surface area (Å²) in [6.45, 7) is 4.50. The van der Waals surface area contributed by atoms with E-state index in [9.17, 15) is 8.78 Å². The van der Waals surface area contributed by atoms with Crippen LogP contribution >= 0.6 is 15.9 Å². The van der Waals surface area contributed by atoms with Crippen molar-refractivity contribution in [2.45, 2.75) is 38.6 Å². The molecule has 0 saturated carbocycles. The normalized spacial score (nSPS) is 19.9. The van der Waals surface area contributed by atoms with Crippen LogP contribution in [0.25, 0.3) is 0 Å². The number of benzene rings is 1. The average molecular weight is 362 g/mol. The first kappa shape index (κ1) is 16.8. The Morgan fingerprint density at radius 3 is 2.90 bits per heavy atom. The molecule has 1 aliphatic heterocycles. The molecule has 1 aromatic carbocycles. The molecule has 2 rings (SSSR count). The average Bonchev–Trinajstić information content (AvgIpc) is 2.97. The van der Waals surface area contributed by atoms with Crippen LogP contribution in [0.1, 0.15) is 31.7 Å². The fourth-order valence-corrected chi connectivity index (χ4v) is 3.13. The summed E-state index contributed by atoms with van der Waals surface area (Å²) in [7, 11) is 0. The highest BCUT2D eigenvalue weighted by Gasteiger charge is 2.23. The van der Waals surface area contributed by atoms with Gasteiger partial charge in [0.2, 0.25) is 0 Å². The third-order valence-electron chi connectivity index (χ3n) is 3.91. The number of hydrogen-bond donors (Lipinski definition) is 1. The first-order valence-electron chi connectivity index (χ1n) is 7.55. The smallest absolute Gasteiger partial charge is 0.143 e. The molecule has 1 aromatic rings. The molecule has 2 atom stereocenters. The van der Waals surface area contributed by atoms with Gasteiger partial charge in [-0.3, -0.25) is 0 Å². The summed E-state index contributed by atoms with van der Waals surface area (Å²) in [6.07, 6.45) is 3.30. The number of hydrogen-bond acceptors (Lipinski definition) is 2. The maximum atomic E-state index is 14.1. The second kappa shape index (κ2) is 8.20. The van der Waals surface area contributed by atoms with E-state index in [1.807, 2.05) is 0 Å². The van der Waals surface area contributed by atoms with Gasteiger partial charge in [-0.05, 0) is 66.2 Å². The van der Waals surface area contributed by atoms with Gasteiger partial charge in [-0.2, -0.15) is 0 Å². The van der Waals surface area contributed by atoms with Crippen LogP contribution in [0.15, 0.2) is 16.6 Å². The van der Waals surface area contributed by atoms with Crippen LogP contribution in [0.3, 0.4) is 0 Å². The summed E-state index contributed by atoms with van der Waals surface area (Å²) in [4.78, 5) is 0. The van der Waals surface area contributed by atoms with E-state index < -0.39 is 11.6 Å². The highest BCUT2D eigenvalue weighted by molar-refractivity contribution is 9.10. The zero-order valence-electron chi connectivity index (χ0n) is 12.3. The third kappa shape index (κ3) is 4.73. The molecule has 1 aliphatic rings. The van der Waals surface area contributed by atoms with E-state index in [1.165, 1.54) is 12.1 Å². The van der Waals surface area contributed by atoms with Crippen LogP contribution in [0, 0.1) is 17.6 Å². The van der Waals surface area contributed by atoms with Gasteiger partial charge in [-0.15, -0.1) is 0 Å². The van der Waals surface area contributed by atoms with E-state index in [-0.39, 0.29) is 11.6 Å². The van der Waals surface area contributed by atoms with E-state index in [1.54, 1.807) is 0 Å². The van der Waals surface area contributed by atoms with Gasteiger partial charge in [0, 0.05) is 24.8 Å². The molecule has 2 nitrogen and oxygen atoms in total. The van der Waals surface area contributed by atoms with Crippen molar-refractivity contribution in [3.05, 3.63) is 33.8 Å². The number of nitrogens with one attached hydrogen (secondary N) is 1. The molecule has 118 valence electrons. The molecule has 21 heavy (non-hydrogen) atoms. The molecule has 2 unspecified atom stereocenters. The van der Waals surface area contributed by atoms with Crippen LogP contribution in [-0.4, -0.2) is 25.8 Å². The summed E-state index contributed by atoms with van der Waals surface area (Å²) in [5.74, 6) is -0.472. The Balaban J connectivity index is 2.08. The fourth-order valence-electron chi connectivity index (χ4n) is 2.76. The number of halogens is 3. The summed E-state index contributed by atoms with van der Waals surface area (Å²) >= 11 is 3.13. The zero-order valence-corrected chi connectivity index (χ0v) is 13.9. The van der Waals surface area contributed by atoms with E-state index in [0.29, 0.717) is 16.8 Å². The Morgan fingerprint density at radius 1 is 1.43 bits per heavy atom. The quantitative estimate of drug-likeness (QED) is 0.739. The Kier molecular flexibility index (Phi) is 6.58. The van der Waals surface area contributed by atoms with Gasteiger partial charge >= 0.3 is 0 Å². The van der Waals surface area contributed by atoms with Crippen LogP contribution in [-0.2, 0) is 11.2 Å². The minimum Gasteiger partial charge on any atom is -0.381 e. The Labute approximate surface area is 133 Å².